The molecular formula is C37H45N3O4. The predicted molar refractivity (Wildman–Crippen MR) is 173 cm³/mol. The molecule has 2 fully saturated rings. The van der Waals surface area contributed by atoms with E-state index < -0.39 is 0 Å². The number of hydrogen-bond donors (Lipinski definition) is 0. The maximum atomic E-state index is 13.1. The molecular weight excluding hydrogens is 550 g/mol. The Morgan fingerprint density at radius 3 is 2.11 bits per heavy atom. The van der Waals surface area contributed by atoms with Crippen LogP contribution in [0.15, 0.2) is 78.9 Å². The molecule has 3 aromatic carbocycles. The Bertz CT molecular complexity index is 1390. The van der Waals surface area contributed by atoms with Gasteiger partial charge in [-0.15, -0.1) is 0 Å². The summed E-state index contributed by atoms with van der Waals surface area (Å²) in [5.74, 6) is 0.364. The normalized spacial score (nSPS) is 16.9. The summed E-state index contributed by atoms with van der Waals surface area (Å²) < 4.78 is 5.88. The zero-order chi connectivity index (χ0) is 30.9. The van der Waals surface area contributed by atoms with Crippen LogP contribution < -0.4 is 0 Å². The lowest BCUT2D eigenvalue weighted by molar-refractivity contribution is -0.150. The Hall–Kier alpha value is -3.81. The van der Waals surface area contributed by atoms with Gasteiger partial charge < -0.3 is 14.5 Å². The Morgan fingerprint density at radius 1 is 0.795 bits per heavy atom. The smallest absolute Gasteiger partial charge is 0.310 e. The van der Waals surface area contributed by atoms with E-state index in [-0.39, 0.29) is 30.3 Å². The summed E-state index contributed by atoms with van der Waals surface area (Å²) in [7, 11) is 1.86. The van der Waals surface area contributed by atoms with Gasteiger partial charge in [-0.25, -0.2) is 0 Å². The van der Waals surface area contributed by atoms with Crippen LogP contribution in [0.4, 0.5) is 0 Å². The molecule has 0 bridgehead atoms. The molecule has 0 radical (unpaired) electrons. The van der Waals surface area contributed by atoms with E-state index in [1.54, 1.807) is 11.8 Å². The number of rotatable bonds is 11. The van der Waals surface area contributed by atoms with Crippen LogP contribution in [0.2, 0.25) is 0 Å². The Kier molecular flexibility index (Phi) is 11.0. The maximum absolute atomic E-state index is 13.1. The van der Waals surface area contributed by atoms with E-state index in [2.05, 4.69) is 28.0 Å². The van der Waals surface area contributed by atoms with Gasteiger partial charge in [0.1, 0.15) is 11.9 Å². The van der Waals surface area contributed by atoms with E-state index in [9.17, 15) is 14.4 Å². The van der Waals surface area contributed by atoms with Crippen molar-refractivity contribution in [3.8, 4) is 11.1 Å². The van der Waals surface area contributed by atoms with E-state index in [0.29, 0.717) is 17.9 Å². The summed E-state index contributed by atoms with van der Waals surface area (Å²) in [4.78, 5) is 44.0. The summed E-state index contributed by atoms with van der Waals surface area (Å²) >= 11 is 0. The molecule has 5 rings (SSSR count). The van der Waals surface area contributed by atoms with Crippen LogP contribution in [0.5, 0.6) is 0 Å². The second-order valence-electron chi connectivity index (χ2n) is 12.3. The molecule has 7 heteroatoms. The number of ketones is 1. The largest absolute Gasteiger partial charge is 0.462 e. The number of piperidine rings is 2. The first-order chi connectivity index (χ1) is 21.4. The first-order valence-electron chi connectivity index (χ1n) is 16.0. The molecule has 232 valence electrons. The van der Waals surface area contributed by atoms with E-state index >= 15 is 0 Å². The van der Waals surface area contributed by atoms with Crippen LogP contribution in [0, 0.1) is 5.92 Å². The van der Waals surface area contributed by atoms with E-state index in [1.165, 1.54) is 5.56 Å². The van der Waals surface area contributed by atoms with E-state index in [0.717, 1.165) is 81.6 Å². The fourth-order valence-electron chi connectivity index (χ4n) is 6.33. The number of likely N-dealkylation sites (tertiary alicyclic amines) is 2. The fourth-order valence-corrected chi connectivity index (χ4v) is 6.33. The topological polar surface area (TPSA) is 70.2 Å². The van der Waals surface area contributed by atoms with Crippen molar-refractivity contribution >= 4 is 17.7 Å². The average Bonchev–Trinajstić information content (AvgIpc) is 3.05. The molecule has 0 aliphatic carbocycles. The molecule has 0 saturated carbocycles. The van der Waals surface area contributed by atoms with Crippen LogP contribution in [0.25, 0.3) is 11.1 Å². The highest BCUT2D eigenvalue weighted by Crippen LogP contribution is 2.25. The Balaban J connectivity index is 1.01. The molecule has 2 aliphatic heterocycles. The number of nitrogens with zero attached hydrogens (tertiary/aromatic N) is 3. The van der Waals surface area contributed by atoms with Crippen LogP contribution in [-0.4, -0.2) is 84.8 Å². The van der Waals surface area contributed by atoms with Crippen LogP contribution in [0.1, 0.15) is 54.1 Å². The van der Waals surface area contributed by atoms with Crippen LogP contribution in [0.3, 0.4) is 0 Å². The molecule has 3 aromatic rings. The van der Waals surface area contributed by atoms with Gasteiger partial charge in [-0.2, -0.15) is 0 Å². The van der Waals surface area contributed by atoms with Gasteiger partial charge in [-0.1, -0.05) is 66.7 Å². The van der Waals surface area contributed by atoms with Crippen LogP contribution >= 0.6 is 0 Å². The molecule has 0 unspecified atom stereocenters. The third-order valence-corrected chi connectivity index (χ3v) is 9.14. The highest BCUT2D eigenvalue weighted by Gasteiger charge is 2.24. The minimum absolute atomic E-state index is 0.0263. The molecule has 2 saturated heterocycles. The summed E-state index contributed by atoms with van der Waals surface area (Å²) in [6, 6.07) is 26.1. The van der Waals surface area contributed by atoms with Crippen molar-refractivity contribution in [3.05, 3.63) is 95.6 Å². The lowest BCUT2D eigenvalue weighted by atomic mass is 9.93. The minimum Gasteiger partial charge on any atom is -0.462 e. The molecule has 2 aliphatic rings. The van der Waals surface area contributed by atoms with E-state index in [1.807, 2.05) is 67.7 Å². The molecule has 0 aromatic heterocycles. The van der Waals surface area contributed by atoms with Gasteiger partial charge in [0.2, 0.25) is 0 Å². The molecule has 0 spiro atoms. The SMILES string of the molecule is CC(=O)C1CCN(Cc2ccc(C(=O)N(C)CCN3CCC(OC(=O)Cc4ccccc4-c4ccccc4)CC3)cc2)CC1. The molecule has 0 atom stereocenters. The third-order valence-electron chi connectivity index (χ3n) is 9.14. The third kappa shape index (κ3) is 8.64. The molecule has 1 amide bonds. The number of carbonyl (C=O) groups excluding carboxylic acids is 3. The number of esters is 1. The number of amides is 1. The Labute approximate surface area is 261 Å². The van der Waals surface area contributed by atoms with Gasteiger partial charge in [0, 0.05) is 51.3 Å². The summed E-state index contributed by atoms with van der Waals surface area (Å²) in [6.45, 7) is 7.56. The van der Waals surface area contributed by atoms with Crippen molar-refractivity contribution in [2.45, 2.75) is 51.7 Å². The zero-order valence-corrected chi connectivity index (χ0v) is 26.1. The zero-order valence-electron chi connectivity index (χ0n) is 26.1. The van der Waals surface area contributed by atoms with Gasteiger partial charge in [0.15, 0.2) is 0 Å². The number of carbonyl (C=O) groups is 3. The number of ether oxygens (including phenoxy) is 1. The average molecular weight is 596 g/mol. The van der Waals surface area contributed by atoms with Crippen molar-refractivity contribution in [2.75, 3.05) is 46.3 Å². The first-order valence-corrected chi connectivity index (χ1v) is 16.0. The maximum Gasteiger partial charge on any atom is 0.310 e. The molecule has 0 N–H and O–H groups in total. The fraction of sp³-hybridized carbons (Fsp3) is 0.432. The number of hydrogen-bond acceptors (Lipinski definition) is 6. The quantitative estimate of drug-likeness (QED) is 0.274. The summed E-state index contributed by atoms with van der Waals surface area (Å²) in [5.41, 5.74) is 5.04. The first kappa shape index (κ1) is 31.6. The lowest BCUT2D eigenvalue weighted by Gasteiger charge is -2.32. The second kappa shape index (κ2) is 15.3. The summed E-state index contributed by atoms with van der Waals surface area (Å²) in [5, 5.41) is 0. The van der Waals surface area contributed by atoms with Crippen molar-refractivity contribution in [1.82, 2.24) is 14.7 Å². The summed E-state index contributed by atoms with van der Waals surface area (Å²) in [6.07, 6.45) is 3.67. The lowest BCUT2D eigenvalue weighted by Crippen LogP contribution is -2.42. The van der Waals surface area contributed by atoms with E-state index in [4.69, 9.17) is 4.74 Å². The van der Waals surface area contributed by atoms with Crippen molar-refractivity contribution in [3.63, 3.8) is 0 Å². The van der Waals surface area contributed by atoms with Crippen molar-refractivity contribution < 1.29 is 19.1 Å². The number of likely N-dealkylation sites (N-methyl/N-ethyl adjacent to an activating group) is 1. The monoisotopic (exact) mass is 595 g/mol. The van der Waals surface area contributed by atoms with Gasteiger partial charge in [0.05, 0.1) is 6.42 Å². The Morgan fingerprint density at radius 2 is 1.43 bits per heavy atom. The highest BCUT2D eigenvalue weighted by molar-refractivity contribution is 5.94. The van der Waals surface area contributed by atoms with Crippen LogP contribution in [-0.2, 0) is 27.3 Å². The van der Waals surface area contributed by atoms with Gasteiger partial charge in [-0.3, -0.25) is 19.3 Å². The van der Waals surface area contributed by atoms with Gasteiger partial charge in [0.25, 0.3) is 5.91 Å². The van der Waals surface area contributed by atoms with Gasteiger partial charge >= 0.3 is 5.97 Å². The molecule has 2 heterocycles. The van der Waals surface area contributed by atoms with Gasteiger partial charge in [-0.05, 0) is 80.1 Å². The van der Waals surface area contributed by atoms with Crippen molar-refractivity contribution in [2.24, 2.45) is 5.92 Å². The number of benzene rings is 3. The van der Waals surface area contributed by atoms with Crippen molar-refractivity contribution in [1.29, 1.82) is 0 Å². The predicted octanol–water partition coefficient (Wildman–Crippen LogP) is 5.48. The number of Topliss-reactive ketones (excluding diaryl/α,β-unsaturated/α-hetero) is 1. The molecule has 7 nitrogen and oxygen atoms in total. The minimum atomic E-state index is -0.180. The standard InChI is InChI=1S/C37H45N3O4/c1-28(41)30-16-20-40(21-17-30)27-29-12-14-32(15-13-29)37(43)38(2)24-25-39-22-18-34(19-23-39)44-36(42)26-33-10-6-7-11-35(33)31-8-4-3-5-9-31/h3-15,30,34H,16-27H2,1-2H3. The highest BCUT2D eigenvalue weighted by atomic mass is 16.5. The molecule has 44 heavy (non-hydrogen) atoms. The second-order valence-corrected chi connectivity index (χ2v) is 12.3.